The van der Waals surface area contributed by atoms with Gasteiger partial charge in [0.05, 0.1) is 5.56 Å². The number of ether oxygens (including phenoxy) is 1. The standard InChI is InChI=1S/C17H17NO3/c1-11-7-6-8-12(2)16(11)18-17(20)14-9-4-5-10-15(14)21-13(3)19/h4-10H,1-3H3,(H,18,20). The highest BCUT2D eigenvalue weighted by atomic mass is 16.5. The van der Waals surface area contributed by atoms with Crippen LogP contribution in [-0.2, 0) is 4.79 Å². The van der Waals surface area contributed by atoms with Crippen molar-refractivity contribution in [1.29, 1.82) is 0 Å². The smallest absolute Gasteiger partial charge is 0.308 e. The molecule has 0 aliphatic rings. The zero-order valence-electron chi connectivity index (χ0n) is 12.3. The van der Waals surface area contributed by atoms with Crippen molar-refractivity contribution >= 4 is 17.6 Å². The molecule has 0 fully saturated rings. The van der Waals surface area contributed by atoms with E-state index in [1.54, 1.807) is 24.3 Å². The first kappa shape index (κ1) is 14.8. The molecule has 1 N–H and O–H groups in total. The summed E-state index contributed by atoms with van der Waals surface area (Å²) in [5.74, 6) is -0.500. The van der Waals surface area contributed by atoms with E-state index in [1.165, 1.54) is 6.92 Å². The SMILES string of the molecule is CC(=O)Oc1ccccc1C(=O)Nc1c(C)cccc1C. The summed E-state index contributed by atoms with van der Waals surface area (Å²) in [6.45, 7) is 5.17. The molecule has 0 unspecified atom stereocenters. The molecule has 2 aromatic carbocycles. The number of para-hydroxylation sites is 2. The van der Waals surface area contributed by atoms with E-state index in [-0.39, 0.29) is 11.7 Å². The lowest BCUT2D eigenvalue weighted by molar-refractivity contribution is -0.131. The van der Waals surface area contributed by atoms with Gasteiger partial charge in [0, 0.05) is 12.6 Å². The van der Waals surface area contributed by atoms with Crippen LogP contribution in [0.25, 0.3) is 0 Å². The monoisotopic (exact) mass is 283 g/mol. The van der Waals surface area contributed by atoms with E-state index in [9.17, 15) is 9.59 Å². The molecule has 2 aromatic rings. The third-order valence-corrected chi connectivity index (χ3v) is 3.11. The van der Waals surface area contributed by atoms with Crippen molar-refractivity contribution in [2.45, 2.75) is 20.8 Å². The topological polar surface area (TPSA) is 55.4 Å². The molecule has 0 radical (unpaired) electrons. The van der Waals surface area contributed by atoms with Crippen molar-refractivity contribution in [2.24, 2.45) is 0 Å². The van der Waals surface area contributed by atoms with Gasteiger partial charge in [-0.2, -0.15) is 0 Å². The molecule has 0 spiro atoms. The fourth-order valence-electron chi connectivity index (χ4n) is 2.09. The van der Waals surface area contributed by atoms with Crippen LogP contribution in [0.3, 0.4) is 0 Å². The van der Waals surface area contributed by atoms with Gasteiger partial charge in [-0.25, -0.2) is 0 Å². The zero-order chi connectivity index (χ0) is 15.4. The van der Waals surface area contributed by atoms with Gasteiger partial charge in [-0.1, -0.05) is 30.3 Å². The predicted molar refractivity (Wildman–Crippen MR) is 81.6 cm³/mol. The number of nitrogens with one attached hydrogen (secondary N) is 1. The minimum atomic E-state index is -0.456. The van der Waals surface area contributed by atoms with Gasteiger partial charge in [-0.3, -0.25) is 9.59 Å². The van der Waals surface area contributed by atoms with E-state index in [0.717, 1.165) is 16.8 Å². The molecule has 1 amide bonds. The van der Waals surface area contributed by atoms with Crippen molar-refractivity contribution in [2.75, 3.05) is 5.32 Å². The summed E-state index contributed by atoms with van der Waals surface area (Å²) in [5, 5.41) is 2.88. The molecular formula is C17H17NO3. The lowest BCUT2D eigenvalue weighted by Gasteiger charge is -2.13. The first-order valence-corrected chi connectivity index (χ1v) is 6.64. The second-order valence-electron chi connectivity index (χ2n) is 4.81. The van der Waals surface area contributed by atoms with Gasteiger partial charge in [-0.15, -0.1) is 0 Å². The molecule has 108 valence electrons. The molecule has 0 saturated carbocycles. The minimum Gasteiger partial charge on any atom is -0.426 e. The Morgan fingerprint density at radius 2 is 1.57 bits per heavy atom. The number of esters is 1. The number of carbonyl (C=O) groups is 2. The number of amides is 1. The summed E-state index contributed by atoms with van der Waals surface area (Å²) in [6.07, 6.45) is 0. The third-order valence-electron chi connectivity index (χ3n) is 3.11. The average molecular weight is 283 g/mol. The van der Waals surface area contributed by atoms with Gasteiger partial charge in [0.2, 0.25) is 0 Å². The van der Waals surface area contributed by atoms with E-state index in [0.29, 0.717) is 5.56 Å². The Kier molecular flexibility index (Phi) is 4.38. The maximum atomic E-state index is 12.4. The highest BCUT2D eigenvalue weighted by Crippen LogP contribution is 2.23. The summed E-state index contributed by atoms with van der Waals surface area (Å²) in [5.41, 5.74) is 3.07. The van der Waals surface area contributed by atoms with Crippen LogP contribution in [0.15, 0.2) is 42.5 Å². The lowest BCUT2D eigenvalue weighted by atomic mass is 10.1. The molecule has 0 heterocycles. The molecule has 0 saturated heterocycles. The van der Waals surface area contributed by atoms with E-state index in [1.807, 2.05) is 32.0 Å². The molecule has 0 aliphatic heterocycles. The maximum Gasteiger partial charge on any atom is 0.308 e. The van der Waals surface area contributed by atoms with Gasteiger partial charge in [0.1, 0.15) is 5.75 Å². The highest BCUT2D eigenvalue weighted by molar-refractivity contribution is 6.07. The quantitative estimate of drug-likeness (QED) is 0.693. The van der Waals surface area contributed by atoms with Crippen LogP contribution in [0, 0.1) is 13.8 Å². The largest absolute Gasteiger partial charge is 0.426 e. The average Bonchev–Trinajstić information content (AvgIpc) is 2.43. The number of carbonyl (C=O) groups excluding carboxylic acids is 2. The Labute approximate surface area is 123 Å². The van der Waals surface area contributed by atoms with E-state index in [2.05, 4.69) is 5.32 Å². The number of rotatable bonds is 3. The first-order valence-electron chi connectivity index (χ1n) is 6.64. The Balaban J connectivity index is 2.31. The van der Waals surface area contributed by atoms with Gasteiger partial charge in [-0.05, 0) is 37.1 Å². The molecule has 0 aromatic heterocycles. The van der Waals surface area contributed by atoms with Crippen molar-refractivity contribution in [1.82, 2.24) is 0 Å². The van der Waals surface area contributed by atoms with Gasteiger partial charge < -0.3 is 10.1 Å². The first-order chi connectivity index (χ1) is 9.99. The molecule has 4 heteroatoms. The number of benzene rings is 2. The summed E-state index contributed by atoms with van der Waals surface area (Å²) < 4.78 is 5.06. The summed E-state index contributed by atoms with van der Waals surface area (Å²) in [6, 6.07) is 12.5. The molecular weight excluding hydrogens is 266 g/mol. The van der Waals surface area contributed by atoms with Gasteiger partial charge >= 0.3 is 5.97 Å². The summed E-state index contributed by atoms with van der Waals surface area (Å²) in [7, 11) is 0. The van der Waals surface area contributed by atoms with Crippen LogP contribution in [0.4, 0.5) is 5.69 Å². The fraction of sp³-hybridized carbons (Fsp3) is 0.176. The summed E-state index contributed by atoms with van der Waals surface area (Å²) in [4.78, 5) is 23.5. The van der Waals surface area contributed by atoms with Crippen molar-refractivity contribution < 1.29 is 14.3 Å². The van der Waals surface area contributed by atoms with Crippen LogP contribution >= 0.6 is 0 Å². The zero-order valence-corrected chi connectivity index (χ0v) is 12.3. The Bertz CT molecular complexity index is 672. The Morgan fingerprint density at radius 1 is 0.952 bits per heavy atom. The number of aryl methyl sites for hydroxylation is 2. The van der Waals surface area contributed by atoms with Crippen molar-refractivity contribution in [3.05, 3.63) is 59.2 Å². The Morgan fingerprint density at radius 3 is 2.19 bits per heavy atom. The molecule has 2 rings (SSSR count). The molecule has 21 heavy (non-hydrogen) atoms. The van der Waals surface area contributed by atoms with Gasteiger partial charge in [0.15, 0.2) is 0 Å². The second kappa shape index (κ2) is 6.22. The number of anilines is 1. The lowest BCUT2D eigenvalue weighted by Crippen LogP contribution is -2.16. The molecule has 4 nitrogen and oxygen atoms in total. The normalized spacial score (nSPS) is 10.0. The van der Waals surface area contributed by atoms with Crippen LogP contribution in [0.2, 0.25) is 0 Å². The van der Waals surface area contributed by atoms with E-state index >= 15 is 0 Å². The number of hydrogen-bond donors (Lipinski definition) is 1. The van der Waals surface area contributed by atoms with Crippen LogP contribution in [0.5, 0.6) is 5.75 Å². The van der Waals surface area contributed by atoms with Crippen LogP contribution in [-0.4, -0.2) is 11.9 Å². The van der Waals surface area contributed by atoms with Gasteiger partial charge in [0.25, 0.3) is 5.91 Å². The van der Waals surface area contributed by atoms with E-state index in [4.69, 9.17) is 4.74 Å². The van der Waals surface area contributed by atoms with Crippen LogP contribution < -0.4 is 10.1 Å². The predicted octanol–water partition coefficient (Wildman–Crippen LogP) is 3.48. The summed E-state index contributed by atoms with van der Waals surface area (Å²) >= 11 is 0. The van der Waals surface area contributed by atoms with Crippen LogP contribution in [0.1, 0.15) is 28.4 Å². The fourth-order valence-corrected chi connectivity index (χ4v) is 2.09. The van der Waals surface area contributed by atoms with Crippen molar-refractivity contribution in [3.63, 3.8) is 0 Å². The number of hydrogen-bond acceptors (Lipinski definition) is 3. The highest BCUT2D eigenvalue weighted by Gasteiger charge is 2.15. The second-order valence-corrected chi connectivity index (χ2v) is 4.81. The maximum absolute atomic E-state index is 12.4. The molecule has 0 aliphatic carbocycles. The third kappa shape index (κ3) is 3.48. The molecule has 0 bridgehead atoms. The minimum absolute atomic E-state index is 0.258. The van der Waals surface area contributed by atoms with Crippen molar-refractivity contribution in [3.8, 4) is 5.75 Å². The molecule has 0 atom stereocenters. The Hall–Kier alpha value is -2.62. The van der Waals surface area contributed by atoms with E-state index < -0.39 is 5.97 Å².